The van der Waals surface area contributed by atoms with Gasteiger partial charge in [-0.1, -0.05) is 12.8 Å². The van der Waals surface area contributed by atoms with E-state index in [-0.39, 0.29) is 17.9 Å². The molecule has 5 heteroatoms. The van der Waals surface area contributed by atoms with E-state index in [0.29, 0.717) is 29.0 Å². The minimum Gasteiger partial charge on any atom is -0.353 e. The molecule has 0 aliphatic heterocycles. The van der Waals surface area contributed by atoms with Gasteiger partial charge in [0.2, 0.25) is 5.91 Å². The highest BCUT2D eigenvalue weighted by atomic mass is 16.2. The Morgan fingerprint density at radius 2 is 2.10 bits per heavy atom. The lowest BCUT2D eigenvalue weighted by atomic mass is 9.97. The van der Waals surface area contributed by atoms with Gasteiger partial charge in [-0.3, -0.25) is 9.59 Å². The lowest BCUT2D eigenvalue weighted by Crippen LogP contribution is -2.39. The van der Waals surface area contributed by atoms with Crippen molar-refractivity contribution in [2.45, 2.75) is 58.4 Å². The number of carbonyl (C=O) groups excluding carboxylic acids is 1. The Morgan fingerprint density at radius 3 is 2.86 bits per heavy atom. The molecule has 1 aromatic heterocycles. The largest absolute Gasteiger partial charge is 0.353 e. The number of aryl methyl sites for hydroxylation is 2. The van der Waals surface area contributed by atoms with Crippen molar-refractivity contribution in [2.24, 2.45) is 11.8 Å². The number of H-pyrrole nitrogens is 1. The van der Waals surface area contributed by atoms with E-state index in [9.17, 15) is 9.59 Å². The Morgan fingerprint density at radius 1 is 1.29 bits per heavy atom. The molecule has 0 spiro atoms. The molecule has 0 bridgehead atoms. The maximum Gasteiger partial charge on any atom is 0.254 e. The fraction of sp³-hybridized carbons (Fsp3) is 0.688. The van der Waals surface area contributed by atoms with Crippen LogP contribution in [-0.4, -0.2) is 21.9 Å². The Bertz CT molecular complexity index is 608. The van der Waals surface area contributed by atoms with Gasteiger partial charge in [-0.05, 0) is 44.9 Å². The maximum atomic E-state index is 12.3. The smallest absolute Gasteiger partial charge is 0.254 e. The molecule has 2 aliphatic carbocycles. The third kappa shape index (κ3) is 2.87. The number of hydrogen-bond acceptors (Lipinski definition) is 3. The van der Waals surface area contributed by atoms with Gasteiger partial charge in [0.15, 0.2) is 0 Å². The quantitative estimate of drug-likeness (QED) is 0.888. The summed E-state index contributed by atoms with van der Waals surface area (Å²) in [5, 5.41) is 3.15. The van der Waals surface area contributed by atoms with Crippen LogP contribution in [0.2, 0.25) is 0 Å². The van der Waals surface area contributed by atoms with Crippen LogP contribution in [0, 0.1) is 25.7 Å². The van der Waals surface area contributed by atoms with Crippen LogP contribution in [0.25, 0.3) is 0 Å². The van der Waals surface area contributed by atoms with Crippen molar-refractivity contribution in [3.63, 3.8) is 0 Å². The normalized spacial score (nSPS) is 27.6. The van der Waals surface area contributed by atoms with Crippen LogP contribution in [-0.2, 0) is 11.2 Å². The van der Waals surface area contributed by atoms with Gasteiger partial charge in [0.05, 0.1) is 6.42 Å². The molecule has 3 atom stereocenters. The van der Waals surface area contributed by atoms with Crippen LogP contribution in [0.1, 0.15) is 49.2 Å². The van der Waals surface area contributed by atoms with E-state index >= 15 is 0 Å². The first-order chi connectivity index (χ1) is 10.0. The second-order valence-electron chi connectivity index (χ2n) is 6.50. The number of fused-ring (bicyclic) bond motifs is 1. The number of aromatic amines is 1. The Labute approximate surface area is 124 Å². The van der Waals surface area contributed by atoms with Crippen molar-refractivity contribution in [1.29, 1.82) is 0 Å². The van der Waals surface area contributed by atoms with Crippen molar-refractivity contribution < 1.29 is 4.79 Å². The molecule has 2 saturated carbocycles. The summed E-state index contributed by atoms with van der Waals surface area (Å²) in [5.41, 5.74) is 0.941. The summed E-state index contributed by atoms with van der Waals surface area (Å²) in [6, 6.07) is 0.308. The molecule has 2 aliphatic rings. The zero-order chi connectivity index (χ0) is 15.0. The molecule has 0 saturated heterocycles. The third-order valence-corrected chi connectivity index (χ3v) is 5.11. The average Bonchev–Trinajstić information content (AvgIpc) is 2.99. The predicted octanol–water partition coefficient (Wildman–Crippen LogP) is 1.62. The van der Waals surface area contributed by atoms with Gasteiger partial charge in [0.25, 0.3) is 5.56 Å². The molecule has 114 valence electrons. The van der Waals surface area contributed by atoms with E-state index in [1.165, 1.54) is 25.7 Å². The van der Waals surface area contributed by atoms with E-state index in [1.807, 2.05) is 0 Å². The first kappa shape index (κ1) is 14.3. The standard InChI is InChI=1S/C16H23N3O2/c1-9-13(16(21)18-10(2)17-9)8-15(20)19-14-7-6-11-4-3-5-12(11)14/h11-12,14H,3-8H2,1-2H3,(H,19,20)(H,17,18,21)/t11-,12-,14-/m1/s1. The molecule has 0 aromatic carbocycles. The van der Waals surface area contributed by atoms with E-state index in [2.05, 4.69) is 15.3 Å². The van der Waals surface area contributed by atoms with Crippen LogP contribution in [0.5, 0.6) is 0 Å². The van der Waals surface area contributed by atoms with Gasteiger partial charge < -0.3 is 10.3 Å². The number of amides is 1. The van der Waals surface area contributed by atoms with E-state index in [1.54, 1.807) is 13.8 Å². The highest BCUT2D eigenvalue weighted by Gasteiger charge is 2.39. The van der Waals surface area contributed by atoms with E-state index < -0.39 is 0 Å². The monoisotopic (exact) mass is 289 g/mol. The molecule has 1 aromatic rings. The number of nitrogens with one attached hydrogen (secondary N) is 2. The van der Waals surface area contributed by atoms with Gasteiger partial charge in [0.1, 0.15) is 5.82 Å². The molecular formula is C16H23N3O2. The predicted molar refractivity (Wildman–Crippen MR) is 80.0 cm³/mol. The van der Waals surface area contributed by atoms with E-state index in [4.69, 9.17) is 0 Å². The van der Waals surface area contributed by atoms with Crippen LogP contribution >= 0.6 is 0 Å². The fourth-order valence-electron chi connectivity index (χ4n) is 4.12. The summed E-state index contributed by atoms with van der Waals surface area (Å²) in [5.74, 6) is 2.00. The minimum absolute atomic E-state index is 0.0493. The molecule has 2 fully saturated rings. The molecule has 1 amide bonds. The molecule has 2 N–H and O–H groups in total. The summed E-state index contributed by atoms with van der Waals surface area (Å²) >= 11 is 0. The lowest BCUT2D eigenvalue weighted by Gasteiger charge is -2.20. The highest BCUT2D eigenvalue weighted by molar-refractivity contribution is 5.79. The second kappa shape index (κ2) is 5.62. The number of carbonyl (C=O) groups is 1. The van der Waals surface area contributed by atoms with Crippen molar-refractivity contribution in [3.8, 4) is 0 Å². The SMILES string of the molecule is Cc1nc(C)c(CC(=O)N[C@@H]2CC[C@H]3CCC[C@H]32)c(=O)[nH]1. The molecule has 1 heterocycles. The summed E-state index contributed by atoms with van der Waals surface area (Å²) < 4.78 is 0. The zero-order valence-corrected chi connectivity index (χ0v) is 12.7. The van der Waals surface area contributed by atoms with Crippen molar-refractivity contribution in [3.05, 3.63) is 27.4 Å². The first-order valence-corrected chi connectivity index (χ1v) is 7.90. The Balaban J connectivity index is 1.66. The second-order valence-corrected chi connectivity index (χ2v) is 6.50. The highest BCUT2D eigenvalue weighted by Crippen LogP contribution is 2.43. The van der Waals surface area contributed by atoms with Crippen LogP contribution < -0.4 is 10.9 Å². The van der Waals surface area contributed by atoms with Crippen LogP contribution in [0.15, 0.2) is 4.79 Å². The van der Waals surface area contributed by atoms with Gasteiger partial charge in [0, 0.05) is 17.3 Å². The summed E-state index contributed by atoms with van der Waals surface area (Å²) in [6.45, 7) is 3.53. The third-order valence-electron chi connectivity index (χ3n) is 5.11. The molecule has 0 radical (unpaired) electrons. The number of hydrogen-bond donors (Lipinski definition) is 2. The summed E-state index contributed by atoms with van der Waals surface area (Å²) in [4.78, 5) is 31.1. The van der Waals surface area contributed by atoms with Gasteiger partial charge in [-0.25, -0.2) is 4.98 Å². The first-order valence-electron chi connectivity index (χ1n) is 7.90. The molecule has 5 nitrogen and oxygen atoms in total. The van der Waals surface area contributed by atoms with Crippen molar-refractivity contribution >= 4 is 5.91 Å². The van der Waals surface area contributed by atoms with Gasteiger partial charge in [-0.15, -0.1) is 0 Å². The summed E-state index contributed by atoms with van der Waals surface area (Å²) in [7, 11) is 0. The number of aromatic nitrogens is 2. The number of rotatable bonds is 3. The van der Waals surface area contributed by atoms with Crippen LogP contribution in [0.3, 0.4) is 0 Å². The summed E-state index contributed by atoms with van der Waals surface area (Å²) in [6.07, 6.45) is 6.30. The molecular weight excluding hydrogens is 266 g/mol. The number of nitrogens with zero attached hydrogens (tertiary/aromatic N) is 1. The minimum atomic E-state index is -0.194. The lowest BCUT2D eigenvalue weighted by molar-refractivity contribution is -0.121. The molecule has 21 heavy (non-hydrogen) atoms. The van der Waals surface area contributed by atoms with E-state index in [0.717, 1.165) is 12.3 Å². The average molecular weight is 289 g/mol. The zero-order valence-electron chi connectivity index (χ0n) is 12.7. The molecule has 0 unspecified atom stereocenters. The van der Waals surface area contributed by atoms with Crippen molar-refractivity contribution in [2.75, 3.05) is 0 Å². The topological polar surface area (TPSA) is 74.8 Å². The van der Waals surface area contributed by atoms with Gasteiger partial charge >= 0.3 is 0 Å². The van der Waals surface area contributed by atoms with Gasteiger partial charge in [-0.2, -0.15) is 0 Å². The van der Waals surface area contributed by atoms with Crippen LogP contribution in [0.4, 0.5) is 0 Å². The Kier molecular flexibility index (Phi) is 3.83. The fourth-order valence-corrected chi connectivity index (χ4v) is 4.12. The Hall–Kier alpha value is -1.65. The van der Waals surface area contributed by atoms with Crippen molar-refractivity contribution in [1.82, 2.24) is 15.3 Å². The molecule has 3 rings (SSSR count). The maximum absolute atomic E-state index is 12.3.